The van der Waals surface area contributed by atoms with Gasteiger partial charge < -0.3 is 20.0 Å². The number of carboxylic acids is 1. The maximum atomic E-state index is 12.7. The van der Waals surface area contributed by atoms with Crippen LogP contribution in [0, 0.1) is 0 Å². The molecule has 0 bridgehead atoms. The summed E-state index contributed by atoms with van der Waals surface area (Å²) in [5.41, 5.74) is 3.19. The fourth-order valence-electron chi connectivity index (χ4n) is 3.07. The first kappa shape index (κ1) is 20.1. The Morgan fingerprint density at radius 2 is 1.52 bits per heavy atom. The summed E-state index contributed by atoms with van der Waals surface area (Å²) < 4.78 is 5.40. The molecular weight excluding hydrogens is 366 g/mol. The highest BCUT2D eigenvalue weighted by Crippen LogP contribution is 2.22. The molecular formula is C24H22NO4-. The second-order valence-corrected chi connectivity index (χ2v) is 6.55. The number of amides is 1. The van der Waals surface area contributed by atoms with Crippen molar-refractivity contribution in [3.05, 3.63) is 90.0 Å². The number of nitrogens with one attached hydrogen (secondary N) is 1. The number of aliphatic carboxylic acids is 1. The second kappa shape index (κ2) is 9.55. The second-order valence-electron chi connectivity index (χ2n) is 6.55. The number of benzene rings is 3. The third kappa shape index (κ3) is 5.45. The SMILES string of the molecule is CCOc1ccc([C@H](CC(=O)[O-])NC(=O)c2ccc(-c3ccccc3)cc2)cc1. The first-order chi connectivity index (χ1) is 14.1. The Labute approximate surface area is 170 Å². The zero-order chi connectivity index (χ0) is 20.6. The molecule has 5 nitrogen and oxygen atoms in total. The van der Waals surface area contributed by atoms with Crippen LogP contribution in [-0.2, 0) is 4.79 Å². The van der Waals surface area contributed by atoms with Crippen molar-refractivity contribution >= 4 is 11.9 Å². The van der Waals surface area contributed by atoms with Crippen molar-refractivity contribution in [3.63, 3.8) is 0 Å². The van der Waals surface area contributed by atoms with Gasteiger partial charge in [-0.15, -0.1) is 0 Å². The Bertz CT molecular complexity index is 950. The number of ether oxygens (including phenoxy) is 1. The van der Waals surface area contributed by atoms with E-state index in [4.69, 9.17) is 4.74 Å². The third-order valence-corrected chi connectivity index (χ3v) is 4.52. The van der Waals surface area contributed by atoms with Crippen molar-refractivity contribution in [1.82, 2.24) is 5.32 Å². The predicted octanol–water partition coefficient (Wildman–Crippen LogP) is 3.36. The number of carboxylic acid groups (broad SMARTS) is 1. The average molecular weight is 388 g/mol. The number of hydrogen-bond donors (Lipinski definition) is 1. The van der Waals surface area contributed by atoms with Crippen molar-refractivity contribution in [1.29, 1.82) is 0 Å². The topological polar surface area (TPSA) is 78.5 Å². The number of carbonyl (C=O) groups is 2. The molecule has 3 aromatic carbocycles. The predicted molar refractivity (Wildman–Crippen MR) is 109 cm³/mol. The van der Waals surface area contributed by atoms with Crippen molar-refractivity contribution in [2.75, 3.05) is 6.61 Å². The van der Waals surface area contributed by atoms with Crippen LogP contribution in [0.25, 0.3) is 11.1 Å². The van der Waals surface area contributed by atoms with Gasteiger partial charge in [-0.1, -0.05) is 54.6 Å². The molecule has 0 heterocycles. The molecule has 0 aliphatic carbocycles. The van der Waals surface area contributed by atoms with Crippen molar-refractivity contribution in [3.8, 4) is 16.9 Å². The van der Waals surface area contributed by atoms with Crippen LogP contribution in [-0.4, -0.2) is 18.5 Å². The minimum atomic E-state index is -1.23. The van der Waals surface area contributed by atoms with Crippen molar-refractivity contribution < 1.29 is 19.4 Å². The molecule has 5 heteroatoms. The number of hydrogen-bond acceptors (Lipinski definition) is 4. The molecule has 29 heavy (non-hydrogen) atoms. The Kier molecular flexibility index (Phi) is 6.63. The summed E-state index contributed by atoms with van der Waals surface area (Å²) in [4.78, 5) is 23.9. The smallest absolute Gasteiger partial charge is 0.251 e. The van der Waals surface area contributed by atoms with Gasteiger partial charge >= 0.3 is 0 Å². The highest BCUT2D eigenvalue weighted by molar-refractivity contribution is 5.95. The lowest BCUT2D eigenvalue weighted by Gasteiger charge is -2.20. The Morgan fingerprint density at radius 1 is 0.897 bits per heavy atom. The quantitative estimate of drug-likeness (QED) is 0.642. The van der Waals surface area contributed by atoms with E-state index in [-0.39, 0.29) is 12.3 Å². The van der Waals surface area contributed by atoms with Crippen LogP contribution in [0.4, 0.5) is 0 Å². The molecule has 148 valence electrons. The first-order valence-corrected chi connectivity index (χ1v) is 9.45. The Morgan fingerprint density at radius 3 is 2.10 bits per heavy atom. The van der Waals surface area contributed by atoms with E-state index in [1.807, 2.05) is 49.4 Å². The van der Waals surface area contributed by atoms with Crippen LogP contribution in [0.2, 0.25) is 0 Å². The number of carbonyl (C=O) groups excluding carboxylic acids is 2. The average Bonchev–Trinajstić information content (AvgIpc) is 2.74. The fourth-order valence-corrected chi connectivity index (χ4v) is 3.07. The van der Waals surface area contributed by atoms with E-state index >= 15 is 0 Å². The van der Waals surface area contributed by atoms with Gasteiger partial charge in [-0.3, -0.25) is 4.79 Å². The molecule has 3 rings (SSSR count). The standard InChI is InChI=1S/C24H23NO4/c1-2-29-21-14-12-19(13-15-21)22(16-23(26)27)25-24(28)20-10-8-18(9-11-20)17-6-4-3-5-7-17/h3-15,22H,2,16H2,1H3,(H,25,28)(H,26,27)/p-1/t22-/m0/s1. The summed E-state index contributed by atoms with van der Waals surface area (Å²) in [6, 6.07) is 23.4. The number of rotatable bonds is 8. The van der Waals surface area contributed by atoms with Crippen LogP contribution in [0.15, 0.2) is 78.9 Å². The van der Waals surface area contributed by atoms with Crippen LogP contribution in [0.5, 0.6) is 5.75 Å². The highest BCUT2D eigenvalue weighted by Gasteiger charge is 2.16. The monoisotopic (exact) mass is 388 g/mol. The fraction of sp³-hybridized carbons (Fsp3) is 0.167. The van der Waals surface area contributed by atoms with E-state index in [1.165, 1.54) is 0 Å². The first-order valence-electron chi connectivity index (χ1n) is 9.45. The maximum absolute atomic E-state index is 12.7. The molecule has 0 aromatic heterocycles. The van der Waals surface area contributed by atoms with E-state index in [0.717, 1.165) is 11.1 Å². The van der Waals surface area contributed by atoms with Gasteiger partial charge in [-0.25, -0.2) is 0 Å². The van der Waals surface area contributed by atoms with E-state index in [1.54, 1.807) is 36.4 Å². The molecule has 0 spiro atoms. The lowest BCUT2D eigenvalue weighted by Crippen LogP contribution is -2.34. The minimum Gasteiger partial charge on any atom is -0.550 e. The van der Waals surface area contributed by atoms with E-state index in [9.17, 15) is 14.7 Å². The summed E-state index contributed by atoms with van der Waals surface area (Å²) in [5, 5.41) is 14.0. The summed E-state index contributed by atoms with van der Waals surface area (Å²) >= 11 is 0. The van der Waals surface area contributed by atoms with Crippen LogP contribution in [0.3, 0.4) is 0 Å². The normalized spacial score (nSPS) is 11.5. The van der Waals surface area contributed by atoms with E-state index < -0.39 is 12.0 Å². The zero-order valence-corrected chi connectivity index (χ0v) is 16.1. The molecule has 0 radical (unpaired) electrons. The molecule has 0 aliphatic rings. The molecule has 1 amide bonds. The molecule has 0 saturated carbocycles. The van der Waals surface area contributed by atoms with Gasteiger partial charge in [0.05, 0.1) is 12.6 Å². The summed E-state index contributed by atoms with van der Waals surface area (Å²) in [6.07, 6.45) is -0.318. The van der Waals surface area contributed by atoms with Gasteiger partial charge in [0.1, 0.15) is 5.75 Å². The summed E-state index contributed by atoms with van der Waals surface area (Å²) in [5.74, 6) is -0.889. The minimum absolute atomic E-state index is 0.318. The van der Waals surface area contributed by atoms with Gasteiger partial charge in [0, 0.05) is 18.0 Å². The van der Waals surface area contributed by atoms with E-state index in [2.05, 4.69) is 5.32 Å². The largest absolute Gasteiger partial charge is 0.550 e. The van der Waals surface area contributed by atoms with Gasteiger partial charge in [-0.05, 0) is 47.9 Å². The highest BCUT2D eigenvalue weighted by atomic mass is 16.5. The van der Waals surface area contributed by atoms with Crippen LogP contribution >= 0.6 is 0 Å². The molecule has 0 aliphatic heterocycles. The van der Waals surface area contributed by atoms with Crippen LogP contribution < -0.4 is 15.2 Å². The molecule has 0 saturated heterocycles. The third-order valence-electron chi connectivity index (χ3n) is 4.52. The molecule has 0 unspecified atom stereocenters. The van der Waals surface area contributed by atoms with Gasteiger partial charge in [-0.2, -0.15) is 0 Å². The zero-order valence-electron chi connectivity index (χ0n) is 16.1. The van der Waals surface area contributed by atoms with Gasteiger partial charge in [0.15, 0.2) is 0 Å². The lowest BCUT2D eigenvalue weighted by molar-refractivity contribution is -0.306. The van der Waals surface area contributed by atoms with Crippen molar-refractivity contribution in [2.24, 2.45) is 0 Å². The molecule has 3 aromatic rings. The Hall–Kier alpha value is -3.60. The molecule has 1 N–H and O–H groups in total. The molecule has 1 atom stereocenters. The Balaban J connectivity index is 1.75. The summed E-state index contributed by atoms with van der Waals surface area (Å²) in [6.45, 7) is 2.42. The van der Waals surface area contributed by atoms with Gasteiger partial charge in [0.2, 0.25) is 0 Å². The van der Waals surface area contributed by atoms with Crippen molar-refractivity contribution in [2.45, 2.75) is 19.4 Å². The van der Waals surface area contributed by atoms with Gasteiger partial charge in [0.25, 0.3) is 5.91 Å². The summed E-state index contributed by atoms with van der Waals surface area (Å²) in [7, 11) is 0. The van der Waals surface area contributed by atoms with E-state index in [0.29, 0.717) is 23.5 Å². The molecule has 0 fully saturated rings. The maximum Gasteiger partial charge on any atom is 0.251 e. The van der Waals surface area contributed by atoms with Crippen LogP contribution in [0.1, 0.15) is 35.3 Å². The lowest BCUT2D eigenvalue weighted by atomic mass is 10.0.